The van der Waals surface area contributed by atoms with Gasteiger partial charge < -0.3 is 15.5 Å². The first-order valence-corrected chi connectivity index (χ1v) is 6.16. The number of nitrogens with one attached hydrogen (secondary N) is 1. The quantitative estimate of drug-likeness (QED) is 0.797. The fourth-order valence-corrected chi connectivity index (χ4v) is 1.67. The van der Waals surface area contributed by atoms with Gasteiger partial charge in [-0.3, -0.25) is 4.79 Å². The average Bonchev–Trinajstić information content (AvgIpc) is 2.78. The number of furan rings is 1. The zero-order valence-electron chi connectivity index (χ0n) is 10.9. The lowest BCUT2D eigenvalue weighted by molar-refractivity contribution is 0.0869. The van der Waals surface area contributed by atoms with Gasteiger partial charge in [0.25, 0.3) is 5.91 Å². The van der Waals surface area contributed by atoms with Gasteiger partial charge in [0, 0.05) is 12.0 Å². The second-order valence-electron chi connectivity index (χ2n) is 4.53. The Labute approximate surface area is 103 Å². The highest BCUT2D eigenvalue weighted by atomic mass is 16.3. The molecule has 0 fully saturated rings. The lowest BCUT2D eigenvalue weighted by atomic mass is 9.94. The highest BCUT2D eigenvalue weighted by Gasteiger charge is 2.25. The molecule has 0 radical (unpaired) electrons. The summed E-state index contributed by atoms with van der Waals surface area (Å²) in [6.45, 7) is 6.59. The first-order chi connectivity index (χ1) is 8.04. The first-order valence-electron chi connectivity index (χ1n) is 6.16. The summed E-state index contributed by atoms with van der Waals surface area (Å²) in [6.07, 6.45) is 2.40. The SMILES string of the molecule is CCc1ccc(C(=O)NC(C)(CC)CCN)o1. The summed E-state index contributed by atoms with van der Waals surface area (Å²) >= 11 is 0. The topological polar surface area (TPSA) is 68.3 Å². The van der Waals surface area contributed by atoms with Crippen LogP contribution in [0.1, 0.15) is 49.9 Å². The van der Waals surface area contributed by atoms with Crippen LogP contribution < -0.4 is 11.1 Å². The molecule has 0 bridgehead atoms. The van der Waals surface area contributed by atoms with Crippen LogP contribution in [0.15, 0.2) is 16.5 Å². The molecule has 0 saturated heterocycles. The third-order valence-corrected chi connectivity index (χ3v) is 3.13. The predicted molar refractivity (Wildman–Crippen MR) is 67.9 cm³/mol. The number of rotatable bonds is 6. The Morgan fingerprint density at radius 2 is 2.18 bits per heavy atom. The van der Waals surface area contributed by atoms with Crippen LogP contribution in [0.5, 0.6) is 0 Å². The second-order valence-corrected chi connectivity index (χ2v) is 4.53. The highest BCUT2D eigenvalue weighted by molar-refractivity contribution is 5.92. The average molecular weight is 238 g/mol. The van der Waals surface area contributed by atoms with Crippen molar-refractivity contribution in [2.75, 3.05) is 6.54 Å². The van der Waals surface area contributed by atoms with Crippen LogP contribution in [-0.2, 0) is 6.42 Å². The molecule has 0 aliphatic carbocycles. The molecule has 17 heavy (non-hydrogen) atoms. The second kappa shape index (κ2) is 5.87. The molecule has 0 saturated carbocycles. The molecule has 1 rings (SSSR count). The van der Waals surface area contributed by atoms with E-state index < -0.39 is 0 Å². The minimum Gasteiger partial charge on any atom is -0.456 e. The fraction of sp³-hybridized carbons (Fsp3) is 0.615. The van der Waals surface area contributed by atoms with E-state index in [2.05, 4.69) is 5.32 Å². The van der Waals surface area contributed by atoms with Crippen LogP contribution in [-0.4, -0.2) is 18.0 Å². The van der Waals surface area contributed by atoms with Crippen molar-refractivity contribution >= 4 is 5.91 Å². The Morgan fingerprint density at radius 3 is 2.65 bits per heavy atom. The van der Waals surface area contributed by atoms with E-state index in [9.17, 15) is 4.79 Å². The molecule has 0 aliphatic heterocycles. The van der Waals surface area contributed by atoms with Crippen LogP contribution >= 0.6 is 0 Å². The molecule has 1 heterocycles. The molecule has 1 aromatic rings. The summed E-state index contributed by atoms with van der Waals surface area (Å²) in [6, 6.07) is 3.55. The Bertz CT molecular complexity index is 373. The normalized spacial score (nSPS) is 14.4. The van der Waals surface area contributed by atoms with Crippen LogP contribution in [0.3, 0.4) is 0 Å². The summed E-state index contributed by atoms with van der Waals surface area (Å²) < 4.78 is 5.42. The van der Waals surface area contributed by atoms with Crippen LogP contribution in [0, 0.1) is 0 Å². The summed E-state index contributed by atoms with van der Waals surface area (Å²) in [7, 11) is 0. The van der Waals surface area contributed by atoms with E-state index in [-0.39, 0.29) is 11.4 Å². The predicted octanol–water partition coefficient (Wildman–Crippen LogP) is 2.09. The highest BCUT2D eigenvalue weighted by Crippen LogP contribution is 2.16. The van der Waals surface area contributed by atoms with E-state index in [4.69, 9.17) is 10.2 Å². The van der Waals surface area contributed by atoms with E-state index in [1.54, 1.807) is 6.07 Å². The van der Waals surface area contributed by atoms with Crippen molar-refractivity contribution in [1.29, 1.82) is 0 Å². The van der Waals surface area contributed by atoms with Crippen LogP contribution in [0.25, 0.3) is 0 Å². The molecule has 0 aliphatic rings. The molecule has 0 aromatic carbocycles. The summed E-state index contributed by atoms with van der Waals surface area (Å²) in [5, 5.41) is 2.99. The number of hydrogen-bond donors (Lipinski definition) is 2. The van der Waals surface area contributed by atoms with Gasteiger partial charge in [-0.25, -0.2) is 0 Å². The van der Waals surface area contributed by atoms with Gasteiger partial charge in [0.2, 0.25) is 0 Å². The van der Waals surface area contributed by atoms with Crippen molar-refractivity contribution in [3.05, 3.63) is 23.7 Å². The molecular formula is C13H22N2O2. The van der Waals surface area contributed by atoms with Crippen molar-refractivity contribution in [3.63, 3.8) is 0 Å². The number of carbonyl (C=O) groups excluding carboxylic acids is 1. The Kier molecular flexibility index (Phi) is 4.75. The maximum Gasteiger partial charge on any atom is 0.287 e. The lowest BCUT2D eigenvalue weighted by Crippen LogP contribution is -2.46. The summed E-state index contributed by atoms with van der Waals surface area (Å²) in [5.41, 5.74) is 5.30. The van der Waals surface area contributed by atoms with E-state index in [0.29, 0.717) is 12.3 Å². The van der Waals surface area contributed by atoms with Gasteiger partial charge in [-0.15, -0.1) is 0 Å². The van der Waals surface area contributed by atoms with Crippen molar-refractivity contribution in [1.82, 2.24) is 5.32 Å². The molecule has 1 atom stereocenters. The molecule has 1 unspecified atom stereocenters. The smallest absolute Gasteiger partial charge is 0.287 e. The zero-order chi connectivity index (χ0) is 12.9. The van der Waals surface area contributed by atoms with Crippen LogP contribution in [0.2, 0.25) is 0 Å². The van der Waals surface area contributed by atoms with Crippen molar-refractivity contribution in [2.24, 2.45) is 5.73 Å². The van der Waals surface area contributed by atoms with E-state index >= 15 is 0 Å². The Hall–Kier alpha value is -1.29. The largest absolute Gasteiger partial charge is 0.456 e. The Balaban J connectivity index is 2.70. The maximum atomic E-state index is 12.0. The number of nitrogens with two attached hydrogens (primary N) is 1. The molecular weight excluding hydrogens is 216 g/mol. The molecule has 1 aromatic heterocycles. The number of amides is 1. The van der Waals surface area contributed by atoms with Crippen LogP contribution in [0.4, 0.5) is 0 Å². The summed E-state index contributed by atoms with van der Waals surface area (Å²) in [5.74, 6) is 1.04. The minimum absolute atomic E-state index is 0.164. The lowest BCUT2D eigenvalue weighted by Gasteiger charge is -2.28. The fourth-order valence-electron chi connectivity index (χ4n) is 1.67. The molecule has 0 spiro atoms. The van der Waals surface area contributed by atoms with Crippen molar-refractivity contribution in [2.45, 2.75) is 45.6 Å². The number of carbonyl (C=O) groups is 1. The third kappa shape index (κ3) is 3.60. The van der Waals surface area contributed by atoms with Gasteiger partial charge >= 0.3 is 0 Å². The number of hydrogen-bond acceptors (Lipinski definition) is 3. The molecule has 4 nitrogen and oxygen atoms in total. The third-order valence-electron chi connectivity index (χ3n) is 3.13. The monoisotopic (exact) mass is 238 g/mol. The zero-order valence-corrected chi connectivity index (χ0v) is 10.9. The Morgan fingerprint density at radius 1 is 1.47 bits per heavy atom. The maximum absolute atomic E-state index is 12.0. The van der Waals surface area contributed by atoms with Gasteiger partial charge in [-0.05, 0) is 38.4 Å². The van der Waals surface area contributed by atoms with E-state index in [1.165, 1.54) is 0 Å². The van der Waals surface area contributed by atoms with Gasteiger partial charge in [0.15, 0.2) is 5.76 Å². The molecule has 96 valence electrons. The van der Waals surface area contributed by atoms with Gasteiger partial charge in [-0.1, -0.05) is 13.8 Å². The van der Waals surface area contributed by atoms with E-state index in [0.717, 1.165) is 25.0 Å². The van der Waals surface area contributed by atoms with Crippen molar-refractivity contribution < 1.29 is 9.21 Å². The molecule has 4 heteroatoms. The summed E-state index contributed by atoms with van der Waals surface area (Å²) in [4.78, 5) is 12.0. The molecule has 1 amide bonds. The molecule has 3 N–H and O–H groups in total. The minimum atomic E-state index is -0.259. The van der Waals surface area contributed by atoms with Crippen molar-refractivity contribution in [3.8, 4) is 0 Å². The number of aryl methyl sites for hydroxylation is 1. The van der Waals surface area contributed by atoms with Gasteiger partial charge in [-0.2, -0.15) is 0 Å². The van der Waals surface area contributed by atoms with E-state index in [1.807, 2.05) is 26.8 Å². The first kappa shape index (κ1) is 13.8. The van der Waals surface area contributed by atoms with Gasteiger partial charge in [0.05, 0.1) is 0 Å². The standard InChI is InChI=1S/C13H22N2O2/c1-4-10-6-7-11(17-10)12(16)15-13(3,5-2)8-9-14/h6-7H,4-5,8-9,14H2,1-3H3,(H,15,16). The van der Waals surface area contributed by atoms with Gasteiger partial charge in [0.1, 0.15) is 5.76 Å².